The normalized spacial score (nSPS) is 11.3. The Kier molecular flexibility index (Phi) is 4.97. The van der Waals surface area contributed by atoms with E-state index in [9.17, 15) is 9.59 Å². The number of hydrogen-bond donors (Lipinski definition) is 0. The van der Waals surface area contributed by atoms with Crippen molar-refractivity contribution in [3.05, 3.63) is 65.6 Å². The number of fused-ring (bicyclic) bond motifs is 5. The molecule has 3 heterocycles. The number of aromatic nitrogens is 2. The number of methoxy groups -OCH3 is 2. The van der Waals surface area contributed by atoms with Gasteiger partial charge in [-0.25, -0.2) is 4.79 Å². The lowest BCUT2D eigenvalue weighted by molar-refractivity contribution is -0.144. The highest BCUT2D eigenvalue weighted by molar-refractivity contribution is 6.19. The van der Waals surface area contributed by atoms with Gasteiger partial charge in [-0.05, 0) is 36.4 Å². The lowest BCUT2D eigenvalue weighted by Gasteiger charge is -2.12. The zero-order chi connectivity index (χ0) is 23.1. The molecule has 0 bridgehead atoms. The SMILES string of the molecule is C=CCOC(=O)COc1ccc2c(c1)c1ccnc3c4ccc(OC)c(OC)c4c(=O)n2c13. The summed E-state index contributed by atoms with van der Waals surface area (Å²) >= 11 is 0. The van der Waals surface area contributed by atoms with Gasteiger partial charge < -0.3 is 18.9 Å². The minimum Gasteiger partial charge on any atom is -0.493 e. The molecule has 8 heteroatoms. The second kappa shape index (κ2) is 7.98. The van der Waals surface area contributed by atoms with E-state index in [0.717, 1.165) is 10.8 Å². The smallest absolute Gasteiger partial charge is 0.344 e. The van der Waals surface area contributed by atoms with Gasteiger partial charge in [0.25, 0.3) is 5.56 Å². The summed E-state index contributed by atoms with van der Waals surface area (Å²) in [6.07, 6.45) is 3.20. The predicted octanol–water partition coefficient (Wildman–Crippen LogP) is 3.72. The maximum Gasteiger partial charge on any atom is 0.344 e. The lowest BCUT2D eigenvalue weighted by atomic mass is 10.1. The molecule has 0 radical (unpaired) electrons. The summed E-state index contributed by atoms with van der Waals surface area (Å²) in [5.74, 6) is 0.826. The predicted molar refractivity (Wildman–Crippen MR) is 125 cm³/mol. The standard InChI is InChI=1S/C25H20N2O6/c1-4-11-32-20(28)13-33-14-5-7-18-17(12-14)15-9-10-26-22-16-6-8-19(30-2)24(31-3)21(16)25(29)27(18)23(15)22/h4-10,12H,1,11,13H2,2-3H3. The molecule has 8 nitrogen and oxygen atoms in total. The Hall–Kier alpha value is -4.33. The first-order valence-corrected chi connectivity index (χ1v) is 10.2. The van der Waals surface area contributed by atoms with Crippen LogP contribution in [0.5, 0.6) is 17.2 Å². The van der Waals surface area contributed by atoms with E-state index in [2.05, 4.69) is 11.6 Å². The van der Waals surface area contributed by atoms with E-state index in [1.807, 2.05) is 12.1 Å². The molecule has 0 aliphatic heterocycles. The molecular weight excluding hydrogens is 424 g/mol. The summed E-state index contributed by atoms with van der Waals surface area (Å²) in [6.45, 7) is 3.41. The molecule has 3 aromatic heterocycles. The Labute approximate surface area is 187 Å². The van der Waals surface area contributed by atoms with Crippen molar-refractivity contribution in [1.29, 1.82) is 0 Å². The van der Waals surface area contributed by atoms with Gasteiger partial charge in [-0.2, -0.15) is 0 Å². The highest BCUT2D eigenvalue weighted by atomic mass is 16.6. The molecule has 33 heavy (non-hydrogen) atoms. The first-order chi connectivity index (χ1) is 16.1. The quantitative estimate of drug-likeness (QED) is 0.215. The number of hydrogen-bond acceptors (Lipinski definition) is 7. The van der Waals surface area contributed by atoms with Crippen LogP contribution in [-0.2, 0) is 9.53 Å². The number of esters is 1. The molecule has 5 aromatic rings. The number of carbonyl (C=O) groups is 1. The van der Waals surface area contributed by atoms with Crippen LogP contribution in [0.2, 0.25) is 0 Å². The molecule has 0 saturated carbocycles. The van der Waals surface area contributed by atoms with Gasteiger partial charge in [-0.15, -0.1) is 0 Å². The summed E-state index contributed by atoms with van der Waals surface area (Å²) in [6, 6.07) is 10.8. The van der Waals surface area contributed by atoms with Gasteiger partial charge in [-0.1, -0.05) is 12.7 Å². The van der Waals surface area contributed by atoms with E-state index in [1.54, 1.807) is 34.9 Å². The van der Waals surface area contributed by atoms with Crippen LogP contribution in [0.4, 0.5) is 0 Å². The molecule has 0 spiro atoms. The molecule has 0 saturated heterocycles. The van der Waals surface area contributed by atoms with Crippen LogP contribution in [0, 0.1) is 0 Å². The number of carbonyl (C=O) groups excluding carboxylic acids is 1. The highest BCUT2D eigenvalue weighted by Gasteiger charge is 2.22. The van der Waals surface area contributed by atoms with Crippen molar-refractivity contribution < 1.29 is 23.7 Å². The summed E-state index contributed by atoms with van der Waals surface area (Å²) in [5.41, 5.74) is 1.85. The maximum atomic E-state index is 13.7. The molecule has 166 valence electrons. The average molecular weight is 444 g/mol. The van der Waals surface area contributed by atoms with Crippen LogP contribution in [0.15, 0.2) is 60.0 Å². The van der Waals surface area contributed by atoms with Crippen LogP contribution in [0.3, 0.4) is 0 Å². The van der Waals surface area contributed by atoms with Gasteiger partial charge in [0.15, 0.2) is 18.1 Å². The Balaban J connectivity index is 1.76. The van der Waals surface area contributed by atoms with E-state index >= 15 is 0 Å². The highest BCUT2D eigenvalue weighted by Crippen LogP contribution is 2.39. The Bertz CT molecular complexity index is 1600. The number of ether oxygens (including phenoxy) is 4. The molecule has 2 aromatic carbocycles. The van der Waals surface area contributed by atoms with Crippen LogP contribution in [-0.4, -0.2) is 42.8 Å². The molecule has 5 rings (SSSR count). The monoisotopic (exact) mass is 444 g/mol. The van der Waals surface area contributed by atoms with Gasteiger partial charge in [0, 0.05) is 22.4 Å². The second-order valence-electron chi connectivity index (χ2n) is 7.36. The van der Waals surface area contributed by atoms with Gasteiger partial charge >= 0.3 is 5.97 Å². The van der Waals surface area contributed by atoms with E-state index in [-0.39, 0.29) is 18.8 Å². The Morgan fingerprint density at radius 2 is 1.94 bits per heavy atom. The third-order valence-electron chi connectivity index (χ3n) is 5.58. The number of rotatable bonds is 7. The zero-order valence-electron chi connectivity index (χ0n) is 18.1. The fraction of sp³-hybridized carbons (Fsp3) is 0.160. The van der Waals surface area contributed by atoms with E-state index < -0.39 is 5.97 Å². The first-order valence-electron chi connectivity index (χ1n) is 10.2. The van der Waals surface area contributed by atoms with E-state index in [0.29, 0.717) is 44.6 Å². The van der Waals surface area contributed by atoms with Crippen molar-refractivity contribution >= 4 is 44.1 Å². The van der Waals surface area contributed by atoms with Gasteiger partial charge in [-0.3, -0.25) is 14.2 Å². The van der Waals surface area contributed by atoms with Crippen LogP contribution in [0.1, 0.15) is 0 Å². The third kappa shape index (κ3) is 3.10. The molecule has 0 unspecified atom stereocenters. The average Bonchev–Trinajstić information content (AvgIpc) is 3.18. The van der Waals surface area contributed by atoms with Crippen molar-refractivity contribution in [2.75, 3.05) is 27.4 Å². The van der Waals surface area contributed by atoms with Crippen LogP contribution < -0.4 is 19.8 Å². The second-order valence-corrected chi connectivity index (χ2v) is 7.36. The number of pyridine rings is 2. The van der Waals surface area contributed by atoms with Crippen LogP contribution in [0.25, 0.3) is 38.1 Å². The van der Waals surface area contributed by atoms with Gasteiger partial charge in [0.1, 0.15) is 12.4 Å². The zero-order valence-corrected chi connectivity index (χ0v) is 18.1. The fourth-order valence-electron chi connectivity index (χ4n) is 4.23. The Morgan fingerprint density at radius 3 is 2.70 bits per heavy atom. The largest absolute Gasteiger partial charge is 0.493 e. The molecule has 0 fully saturated rings. The topological polar surface area (TPSA) is 88.4 Å². The van der Waals surface area contributed by atoms with Crippen molar-refractivity contribution in [3.8, 4) is 17.2 Å². The van der Waals surface area contributed by atoms with Gasteiger partial charge in [0.05, 0.1) is 36.2 Å². The molecular formula is C25H20N2O6. The summed E-state index contributed by atoms with van der Waals surface area (Å²) in [4.78, 5) is 30.1. The van der Waals surface area contributed by atoms with E-state index in [1.165, 1.54) is 20.3 Å². The summed E-state index contributed by atoms with van der Waals surface area (Å²) in [5, 5.41) is 2.73. The molecule has 0 aliphatic rings. The minimum atomic E-state index is -0.492. The van der Waals surface area contributed by atoms with Gasteiger partial charge in [0.2, 0.25) is 0 Å². The van der Waals surface area contributed by atoms with Crippen molar-refractivity contribution in [2.24, 2.45) is 0 Å². The molecule has 0 atom stereocenters. The molecule has 0 aliphatic carbocycles. The summed E-state index contributed by atoms with van der Waals surface area (Å²) < 4.78 is 23.1. The van der Waals surface area contributed by atoms with Crippen LogP contribution >= 0.6 is 0 Å². The van der Waals surface area contributed by atoms with Crippen molar-refractivity contribution in [3.63, 3.8) is 0 Å². The Morgan fingerprint density at radius 1 is 1.09 bits per heavy atom. The lowest BCUT2D eigenvalue weighted by Crippen LogP contribution is -2.15. The van der Waals surface area contributed by atoms with E-state index in [4.69, 9.17) is 18.9 Å². The molecule has 0 amide bonds. The number of nitrogens with zero attached hydrogens (tertiary/aromatic N) is 2. The molecule has 0 N–H and O–H groups in total. The fourth-order valence-corrected chi connectivity index (χ4v) is 4.23. The van der Waals surface area contributed by atoms with Crippen molar-refractivity contribution in [1.82, 2.24) is 9.38 Å². The third-order valence-corrected chi connectivity index (χ3v) is 5.58. The van der Waals surface area contributed by atoms with Crippen molar-refractivity contribution in [2.45, 2.75) is 0 Å². The number of benzene rings is 2. The maximum absolute atomic E-state index is 13.7. The first kappa shape index (κ1) is 20.6. The summed E-state index contributed by atoms with van der Waals surface area (Å²) in [7, 11) is 3.04. The minimum absolute atomic E-state index is 0.126.